The van der Waals surface area contributed by atoms with Crippen molar-refractivity contribution in [2.24, 2.45) is 7.05 Å². The fourth-order valence-corrected chi connectivity index (χ4v) is 2.15. The van der Waals surface area contributed by atoms with Crippen LogP contribution in [0.25, 0.3) is 11.6 Å². The molecule has 24 heavy (non-hydrogen) atoms. The normalized spacial score (nSPS) is 12.0. The van der Waals surface area contributed by atoms with Gasteiger partial charge in [-0.2, -0.15) is 5.10 Å². The second-order valence-electron chi connectivity index (χ2n) is 5.27. The van der Waals surface area contributed by atoms with E-state index in [0.717, 1.165) is 5.69 Å². The third-order valence-corrected chi connectivity index (χ3v) is 3.30. The summed E-state index contributed by atoms with van der Waals surface area (Å²) in [7, 11) is 1.78. The SMILES string of the molecule is Cc1cc(-c2nnc(NC(=O)[C@H](C)Oc3ccccc3)o2)n(C)n1. The number of aryl methyl sites for hydroxylation is 2. The van der Waals surface area contributed by atoms with E-state index < -0.39 is 6.10 Å². The van der Waals surface area contributed by atoms with Crippen molar-refractivity contribution < 1.29 is 13.9 Å². The number of nitrogens with one attached hydrogen (secondary N) is 1. The summed E-state index contributed by atoms with van der Waals surface area (Å²) in [4.78, 5) is 12.2. The van der Waals surface area contributed by atoms with Gasteiger partial charge in [0, 0.05) is 7.05 Å². The Morgan fingerprint density at radius 1 is 1.29 bits per heavy atom. The van der Waals surface area contributed by atoms with Crippen LogP contribution in [0.5, 0.6) is 5.75 Å². The molecule has 1 atom stereocenters. The molecule has 1 aromatic carbocycles. The Labute approximate surface area is 138 Å². The van der Waals surface area contributed by atoms with Crippen LogP contribution in [0.3, 0.4) is 0 Å². The molecule has 0 fully saturated rings. The molecule has 0 saturated carbocycles. The molecule has 1 N–H and O–H groups in total. The zero-order valence-electron chi connectivity index (χ0n) is 13.6. The molecule has 0 saturated heterocycles. The second-order valence-corrected chi connectivity index (χ2v) is 5.27. The van der Waals surface area contributed by atoms with Gasteiger partial charge in [0.2, 0.25) is 0 Å². The molecule has 0 radical (unpaired) electrons. The van der Waals surface area contributed by atoms with E-state index >= 15 is 0 Å². The lowest BCUT2D eigenvalue weighted by Crippen LogP contribution is -2.30. The molecule has 0 aliphatic heterocycles. The van der Waals surface area contributed by atoms with Crippen molar-refractivity contribution in [2.45, 2.75) is 20.0 Å². The van der Waals surface area contributed by atoms with Crippen LogP contribution in [-0.2, 0) is 11.8 Å². The monoisotopic (exact) mass is 327 g/mol. The van der Waals surface area contributed by atoms with Crippen molar-refractivity contribution in [3.63, 3.8) is 0 Å². The van der Waals surface area contributed by atoms with E-state index in [1.807, 2.05) is 31.2 Å². The van der Waals surface area contributed by atoms with Crippen molar-refractivity contribution in [3.8, 4) is 17.3 Å². The third kappa shape index (κ3) is 3.43. The van der Waals surface area contributed by atoms with E-state index in [9.17, 15) is 4.79 Å². The van der Waals surface area contributed by atoms with Gasteiger partial charge < -0.3 is 9.15 Å². The number of carbonyl (C=O) groups is 1. The van der Waals surface area contributed by atoms with Crippen LogP contribution in [0.1, 0.15) is 12.6 Å². The molecule has 1 amide bonds. The first-order chi connectivity index (χ1) is 11.5. The molecule has 8 nitrogen and oxygen atoms in total. The molecule has 3 rings (SSSR count). The molecule has 124 valence electrons. The highest BCUT2D eigenvalue weighted by atomic mass is 16.5. The number of aromatic nitrogens is 4. The Hall–Kier alpha value is -3.16. The number of ether oxygens (including phenoxy) is 1. The summed E-state index contributed by atoms with van der Waals surface area (Å²) in [6, 6.07) is 10.9. The number of anilines is 1. The van der Waals surface area contributed by atoms with Gasteiger partial charge in [-0.1, -0.05) is 23.3 Å². The zero-order valence-corrected chi connectivity index (χ0v) is 13.6. The number of para-hydroxylation sites is 1. The fraction of sp³-hybridized carbons (Fsp3) is 0.250. The topological polar surface area (TPSA) is 95.1 Å². The van der Waals surface area contributed by atoms with Gasteiger partial charge in [-0.3, -0.25) is 14.8 Å². The Kier molecular flexibility index (Phi) is 4.28. The van der Waals surface area contributed by atoms with Crippen LogP contribution < -0.4 is 10.1 Å². The number of hydrogen-bond acceptors (Lipinski definition) is 6. The zero-order chi connectivity index (χ0) is 17.1. The van der Waals surface area contributed by atoms with E-state index in [2.05, 4.69) is 20.6 Å². The number of benzene rings is 1. The molecular weight excluding hydrogens is 310 g/mol. The van der Waals surface area contributed by atoms with Crippen molar-refractivity contribution >= 4 is 11.9 Å². The highest BCUT2D eigenvalue weighted by Crippen LogP contribution is 2.20. The Morgan fingerprint density at radius 3 is 2.71 bits per heavy atom. The number of rotatable bonds is 5. The predicted octanol–water partition coefficient (Wildman–Crippen LogP) is 2.18. The van der Waals surface area contributed by atoms with Gasteiger partial charge in [-0.25, -0.2) is 0 Å². The maximum atomic E-state index is 12.2. The summed E-state index contributed by atoms with van der Waals surface area (Å²) in [5, 5.41) is 14.5. The van der Waals surface area contributed by atoms with Crippen molar-refractivity contribution in [2.75, 3.05) is 5.32 Å². The predicted molar refractivity (Wildman–Crippen MR) is 86.4 cm³/mol. The lowest BCUT2D eigenvalue weighted by Gasteiger charge is -2.12. The molecule has 0 unspecified atom stereocenters. The van der Waals surface area contributed by atoms with Crippen LogP contribution in [-0.4, -0.2) is 32.0 Å². The van der Waals surface area contributed by atoms with Gasteiger partial charge in [0.05, 0.1) is 5.69 Å². The Bertz CT molecular complexity index is 841. The van der Waals surface area contributed by atoms with Crippen LogP contribution in [0.4, 0.5) is 6.01 Å². The highest BCUT2D eigenvalue weighted by Gasteiger charge is 2.19. The Balaban J connectivity index is 1.66. The lowest BCUT2D eigenvalue weighted by molar-refractivity contribution is -0.122. The van der Waals surface area contributed by atoms with Crippen LogP contribution in [0, 0.1) is 6.92 Å². The summed E-state index contributed by atoms with van der Waals surface area (Å²) in [6.07, 6.45) is -0.707. The molecule has 0 aliphatic rings. The molecule has 2 heterocycles. The Morgan fingerprint density at radius 2 is 2.04 bits per heavy atom. The third-order valence-electron chi connectivity index (χ3n) is 3.30. The van der Waals surface area contributed by atoms with Gasteiger partial charge in [0.1, 0.15) is 11.4 Å². The minimum Gasteiger partial charge on any atom is -0.481 e. The van der Waals surface area contributed by atoms with E-state index in [1.165, 1.54) is 0 Å². The summed E-state index contributed by atoms with van der Waals surface area (Å²) in [5.41, 5.74) is 1.51. The molecular formula is C16H17N5O3. The molecule has 0 bridgehead atoms. The molecule has 3 aromatic rings. The lowest BCUT2D eigenvalue weighted by atomic mass is 10.3. The first-order valence-electron chi connectivity index (χ1n) is 7.40. The van der Waals surface area contributed by atoms with Gasteiger partial charge >= 0.3 is 6.01 Å². The molecule has 8 heteroatoms. The van der Waals surface area contributed by atoms with Crippen LogP contribution in [0.2, 0.25) is 0 Å². The van der Waals surface area contributed by atoms with Gasteiger partial charge in [-0.15, -0.1) is 5.10 Å². The fourth-order valence-electron chi connectivity index (χ4n) is 2.15. The number of amides is 1. The minimum atomic E-state index is -0.707. The van der Waals surface area contributed by atoms with Crippen molar-refractivity contribution in [1.82, 2.24) is 20.0 Å². The smallest absolute Gasteiger partial charge is 0.322 e. The second kappa shape index (κ2) is 6.53. The van der Waals surface area contributed by atoms with Gasteiger partial charge in [0.25, 0.3) is 11.8 Å². The van der Waals surface area contributed by atoms with Gasteiger partial charge in [0.15, 0.2) is 6.10 Å². The summed E-state index contributed by atoms with van der Waals surface area (Å²) in [5.74, 6) is 0.511. The quantitative estimate of drug-likeness (QED) is 0.772. The summed E-state index contributed by atoms with van der Waals surface area (Å²) >= 11 is 0. The average Bonchev–Trinajstić information content (AvgIpc) is 3.14. The maximum absolute atomic E-state index is 12.2. The van der Waals surface area contributed by atoms with E-state index in [-0.39, 0.29) is 17.8 Å². The van der Waals surface area contributed by atoms with E-state index in [1.54, 1.807) is 30.8 Å². The summed E-state index contributed by atoms with van der Waals surface area (Å²) < 4.78 is 12.6. The number of nitrogens with zero attached hydrogens (tertiary/aromatic N) is 4. The molecule has 2 aromatic heterocycles. The number of carbonyl (C=O) groups excluding carboxylic acids is 1. The first-order valence-corrected chi connectivity index (χ1v) is 7.40. The van der Waals surface area contributed by atoms with Crippen LogP contribution in [0.15, 0.2) is 40.8 Å². The average molecular weight is 327 g/mol. The van der Waals surface area contributed by atoms with E-state index in [4.69, 9.17) is 9.15 Å². The van der Waals surface area contributed by atoms with Gasteiger partial charge in [-0.05, 0) is 32.0 Å². The summed E-state index contributed by atoms with van der Waals surface area (Å²) in [6.45, 7) is 3.51. The van der Waals surface area contributed by atoms with Crippen molar-refractivity contribution in [3.05, 3.63) is 42.1 Å². The maximum Gasteiger partial charge on any atom is 0.322 e. The van der Waals surface area contributed by atoms with E-state index in [0.29, 0.717) is 11.4 Å². The van der Waals surface area contributed by atoms with Crippen molar-refractivity contribution in [1.29, 1.82) is 0 Å². The molecule has 0 spiro atoms. The first kappa shape index (κ1) is 15.7. The minimum absolute atomic E-state index is 0.0114. The van der Waals surface area contributed by atoms with Crippen LogP contribution >= 0.6 is 0 Å². The number of hydrogen-bond donors (Lipinski definition) is 1. The molecule has 0 aliphatic carbocycles. The standard InChI is InChI=1S/C16H17N5O3/c1-10-9-13(21(3)20-10)15-18-19-16(24-15)17-14(22)11(2)23-12-7-5-4-6-8-12/h4-9,11H,1-3H3,(H,17,19,22)/t11-/m0/s1. The highest BCUT2D eigenvalue weighted by molar-refractivity contribution is 5.92. The largest absolute Gasteiger partial charge is 0.481 e.